The Balaban J connectivity index is 2.12. The quantitative estimate of drug-likeness (QED) is 0.657. The maximum Gasteiger partial charge on any atom is 0.231 e. The number of hydrogen-bond donors (Lipinski definition) is 2. The molecule has 0 radical (unpaired) electrons. The van der Waals surface area contributed by atoms with Crippen molar-refractivity contribution in [1.29, 1.82) is 0 Å². The van der Waals surface area contributed by atoms with Crippen molar-refractivity contribution in [3.8, 4) is 0 Å². The van der Waals surface area contributed by atoms with E-state index >= 15 is 0 Å². The van der Waals surface area contributed by atoms with Gasteiger partial charge in [-0.1, -0.05) is 19.9 Å². The minimum absolute atomic E-state index is 0.511. The highest BCUT2D eigenvalue weighted by atomic mass is 32.1. The molecule has 120 valence electrons. The van der Waals surface area contributed by atoms with E-state index < -0.39 is 0 Å². The van der Waals surface area contributed by atoms with Crippen LogP contribution in [0, 0.1) is 18.8 Å². The van der Waals surface area contributed by atoms with Gasteiger partial charge in [0.1, 0.15) is 5.82 Å². The predicted octanol–water partition coefficient (Wildman–Crippen LogP) is 2.74. The van der Waals surface area contributed by atoms with Crippen LogP contribution in [0.25, 0.3) is 0 Å². The van der Waals surface area contributed by atoms with E-state index in [2.05, 4.69) is 45.9 Å². The predicted molar refractivity (Wildman–Crippen MR) is 96.3 cm³/mol. The topological polar surface area (TPSA) is 53.1 Å². The molecule has 22 heavy (non-hydrogen) atoms. The lowest BCUT2D eigenvalue weighted by Crippen LogP contribution is -2.39. The molecule has 1 aliphatic rings. The molecule has 0 aromatic carbocycles. The van der Waals surface area contributed by atoms with Crippen LogP contribution in [0.4, 0.5) is 11.8 Å². The maximum absolute atomic E-state index is 5.22. The highest BCUT2D eigenvalue weighted by molar-refractivity contribution is 7.80. The smallest absolute Gasteiger partial charge is 0.231 e. The van der Waals surface area contributed by atoms with E-state index in [9.17, 15) is 0 Å². The first-order chi connectivity index (χ1) is 10.5. The molecule has 2 rings (SSSR count). The van der Waals surface area contributed by atoms with Crippen molar-refractivity contribution < 1.29 is 0 Å². The number of piperidine rings is 1. The molecule has 2 N–H and O–H groups in total. The Kier molecular flexibility index (Phi) is 5.71. The Labute approximate surface area is 138 Å². The minimum Gasteiger partial charge on any atom is -0.359 e. The van der Waals surface area contributed by atoms with Gasteiger partial charge in [-0.2, -0.15) is 4.98 Å². The van der Waals surface area contributed by atoms with E-state index in [0.29, 0.717) is 29.4 Å². The third kappa shape index (κ3) is 4.66. The van der Waals surface area contributed by atoms with Crippen LogP contribution in [0.15, 0.2) is 18.7 Å². The molecular weight excluding hydrogens is 294 g/mol. The largest absolute Gasteiger partial charge is 0.359 e. The normalized spacial score (nSPS) is 21.3. The first-order valence-corrected chi connectivity index (χ1v) is 8.15. The molecule has 1 fully saturated rings. The maximum atomic E-state index is 5.22. The van der Waals surface area contributed by atoms with Crippen molar-refractivity contribution in [3.05, 3.63) is 24.4 Å². The van der Waals surface area contributed by atoms with Gasteiger partial charge in [-0.3, -0.25) is 0 Å². The van der Waals surface area contributed by atoms with E-state index in [1.54, 1.807) is 6.08 Å². The summed E-state index contributed by atoms with van der Waals surface area (Å²) in [7, 11) is 0. The Bertz CT molecular complexity index is 535. The zero-order chi connectivity index (χ0) is 16.1. The molecule has 1 aromatic heterocycles. The second-order valence-corrected chi connectivity index (χ2v) is 6.57. The van der Waals surface area contributed by atoms with E-state index in [4.69, 9.17) is 12.2 Å². The van der Waals surface area contributed by atoms with Crippen LogP contribution in [-0.4, -0.2) is 34.7 Å². The molecule has 1 aliphatic heterocycles. The Morgan fingerprint density at radius 2 is 2.09 bits per heavy atom. The van der Waals surface area contributed by atoms with Crippen molar-refractivity contribution in [2.45, 2.75) is 27.2 Å². The number of aromatic nitrogens is 2. The monoisotopic (exact) mass is 319 g/mol. The molecule has 0 spiro atoms. The summed E-state index contributed by atoms with van der Waals surface area (Å²) in [6.07, 6.45) is 3.04. The number of nitrogens with zero attached hydrogens (tertiary/aromatic N) is 3. The fourth-order valence-electron chi connectivity index (χ4n) is 2.93. The fraction of sp³-hybridized carbons (Fsp3) is 0.562. The zero-order valence-electron chi connectivity index (χ0n) is 13.6. The fourth-order valence-corrected chi connectivity index (χ4v) is 3.11. The summed E-state index contributed by atoms with van der Waals surface area (Å²) in [6.45, 7) is 12.9. The molecule has 0 bridgehead atoms. The van der Waals surface area contributed by atoms with Gasteiger partial charge in [-0.05, 0) is 37.4 Å². The van der Waals surface area contributed by atoms with Gasteiger partial charge in [-0.15, -0.1) is 6.58 Å². The number of hydrogen-bond acceptors (Lipinski definition) is 4. The zero-order valence-corrected chi connectivity index (χ0v) is 14.4. The van der Waals surface area contributed by atoms with Gasteiger partial charge in [0, 0.05) is 31.4 Å². The molecule has 1 saturated heterocycles. The minimum atomic E-state index is 0.511. The summed E-state index contributed by atoms with van der Waals surface area (Å²) in [5.74, 6) is 2.89. The summed E-state index contributed by atoms with van der Waals surface area (Å²) in [4.78, 5) is 11.4. The lowest BCUT2D eigenvalue weighted by molar-refractivity contribution is 0.355. The van der Waals surface area contributed by atoms with Crippen LogP contribution >= 0.6 is 12.2 Å². The third-order valence-electron chi connectivity index (χ3n) is 3.67. The van der Waals surface area contributed by atoms with Crippen molar-refractivity contribution in [3.63, 3.8) is 0 Å². The van der Waals surface area contributed by atoms with Crippen LogP contribution < -0.4 is 15.5 Å². The number of aryl methyl sites for hydroxylation is 1. The molecule has 0 aliphatic carbocycles. The van der Waals surface area contributed by atoms with E-state index in [1.165, 1.54) is 6.42 Å². The van der Waals surface area contributed by atoms with Gasteiger partial charge in [0.25, 0.3) is 0 Å². The number of rotatable bonds is 4. The van der Waals surface area contributed by atoms with Gasteiger partial charge >= 0.3 is 0 Å². The molecule has 6 heteroatoms. The Hall–Kier alpha value is -1.69. The van der Waals surface area contributed by atoms with Crippen molar-refractivity contribution in [2.24, 2.45) is 11.8 Å². The van der Waals surface area contributed by atoms with Crippen molar-refractivity contribution in [1.82, 2.24) is 15.3 Å². The standard InChI is InChI=1S/C16H25N5S/c1-5-6-17-16(22)20-15-18-13(4)8-14(19-15)21-9-11(2)7-12(3)10-21/h5,8,11-12H,1,6-7,9-10H2,2-4H3,(H2,17,18,19,20,22)/t11-,12-/m1/s1. The average molecular weight is 319 g/mol. The number of anilines is 2. The first-order valence-electron chi connectivity index (χ1n) is 7.74. The van der Waals surface area contributed by atoms with Gasteiger partial charge in [0.2, 0.25) is 5.95 Å². The summed E-state index contributed by atoms with van der Waals surface area (Å²) in [6, 6.07) is 2.04. The lowest BCUT2D eigenvalue weighted by Gasteiger charge is -2.36. The molecule has 0 amide bonds. The van der Waals surface area contributed by atoms with Gasteiger partial charge in [0.05, 0.1) is 0 Å². The average Bonchev–Trinajstić information content (AvgIpc) is 2.43. The second kappa shape index (κ2) is 7.54. The molecule has 2 atom stereocenters. The van der Waals surface area contributed by atoms with Crippen LogP contribution in [0.3, 0.4) is 0 Å². The highest BCUT2D eigenvalue weighted by Gasteiger charge is 2.23. The van der Waals surface area contributed by atoms with Gasteiger partial charge < -0.3 is 15.5 Å². The molecule has 2 heterocycles. The van der Waals surface area contributed by atoms with Crippen molar-refractivity contribution >= 4 is 29.1 Å². The van der Waals surface area contributed by atoms with E-state index in [0.717, 1.165) is 24.6 Å². The molecule has 0 saturated carbocycles. The summed E-state index contributed by atoms with van der Waals surface area (Å²) < 4.78 is 0. The molecule has 0 unspecified atom stereocenters. The Morgan fingerprint density at radius 3 is 2.73 bits per heavy atom. The third-order valence-corrected chi connectivity index (χ3v) is 3.91. The van der Waals surface area contributed by atoms with Crippen molar-refractivity contribution in [2.75, 3.05) is 29.9 Å². The highest BCUT2D eigenvalue weighted by Crippen LogP contribution is 2.25. The van der Waals surface area contributed by atoms with Crippen LogP contribution in [0.1, 0.15) is 26.0 Å². The second-order valence-electron chi connectivity index (χ2n) is 6.17. The summed E-state index contributed by atoms with van der Waals surface area (Å²) in [5.41, 5.74) is 0.935. The van der Waals surface area contributed by atoms with Crippen LogP contribution in [0.5, 0.6) is 0 Å². The summed E-state index contributed by atoms with van der Waals surface area (Å²) in [5, 5.41) is 6.58. The SMILES string of the molecule is C=CCNC(=S)Nc1nc(C)cc(N2C[C@H](C)C[C@@H](C)C2)n1. The number of nitrogens with one attached hydrogen (secondary N) is 2. The molecule has 1 aromatic rings. The summed E-state index contributed by atoms with van der Waals surface area (Å²) >= 11 is 5.22. The van der Waals surface area contributed by atoms with Crippen LogP contribution in [-0.2, 0) is 0 Å². The Morgan fingerprint density at radius 1 is 1.41 bits per heavy atom. The van der Waals surface area contributed by atoms with Crippen LogP contribution in [0.2, 0.25) is 0 Å². The van der Waals surface area contributed by atoms with Gasteiger partial charge in [0.15, 0.2) is 5.11 Å². The van der Waals surface area contributed by atoms with Gasteiger partial charge in [-0.25, -0.2) is 4.98 Å². The first kappa shape index (κ1) is 16.7. The molecule has 5 nitrogen and oxygen atoms in total. The lowest BCUT2D eigenvalue weighted by atomic mass is 9.92. The van der Waals surface area contributed by atoms with E-state index in [-0.39, 0.29) is 0 Å². The van der Waals surface area contributed by atoms with E-state index in [1.807, 2.05) is 13.0 Å². The number of thiocarbonyl (C=S) groups is 1. The molecular formula is C16H25N5S.